The number of hydrogen-bond acceptors (Lipinski definition) is 3. The van der Waals surface area contributed by atoms with Gasteiger partial charge in [-0.1, -0.05) is 86.5 Å². The summed E-state index contributed by atoms with van der Waals surface area (Å²) in [4.78, 5) is -0.185. The monoisotopic (exact) mass is 338 g/mol. The van der Waals surface area contributed by atoms with Crippen molar-refractivity contribution in [3.63, 3.8) is 0 Å². The second-order valence-corrected chi connectivity index (χ2v) is 5.23. The van der Waals surface area contributed by atoms with Gasteiger partial charge in [0.05, 0.1) is 4.90 Å². The fraction of sp³-hybridized carbons (Fsp3) is 0. The molecule has 0 N–H and O–H groups in total. The Morgan fingerprint density at radius 2 is 1.17 bits per heavy atom. The molecule has 0 saturated carbocycles. The minimum absolute atomic E-state index is 0. The van der Waals surface area contributed by atoms with Crippen LogP contribution < -0.4 is 29.6 Å². The van der Waals surface area contributed by atoms with Crippen LogP contribution in [0.5, 0.6) is 0 Å². The van der Waals surface area contributed by atoms with Crippen molar-refractivity contribution in [3.8, 4) is 0 Å². The van der Waals surface area contributed by atoms with Crippen molar-refractivity contribution in [2.24, 2.45) is 0 Å². The molecule has 2 rings (SSSR count). The van der Waals surface area contributed by atoms with Crippen LogP contribution in [0.3, 0.4) is 0 Å². The molecule has 0 spiro atoms. The summed E-state index contributed by atoms with van der Waals surface area (Å²) in [5, 5.41) is 0. The molecule has 0 saturated heterocycles. The van der Waals surface area contributed by atoms with Gasteiger partial charge < -0.3 is 4.55 Å². The summed E-state index contributed by atoms with van der Waals surface area (Å²) >= 11 is 0. The molecule has 3 nitrogen and oxygen atoms in total. The van der Waals surface area contributed by atoms with E-state index in [0.717, 1.165) is 0 Å². The van der Waals surface area contributed by atoms with E-state index in [9.17, 15) is 13.0 Å². The molecule has 0 radical (unpaired) electrons. The van der Waals surface area contributed by atoms with Gasteiger partial charge in [-0.3, -0.25) is 0 Å². The molecule has 0 aliphatic carbocycles. The van der Waals surface area contributed by atoms with E-state index in [2.05, 4.69) is 19.7 Å². The average molecular weight is 338 g/mol. The molecule has 2 aromatic carbocycles. The molecule has 0 unspecified atom stereocenters. The first kappa shape index (κ1) is 23.8. The van der Waals surface area contributed by atoms with Crippen molar-refractivity contribution >= 4 is 16.2 Å². The van der Waals surface area contributed by atoms with Crippen LogP contribution in [0.4, 0.5) is 0 Å². The summed E-state index contributed by atoms with van der Waals surface area (Å²) in [6.45, 7) is 10.4. The maximum Gasteiger partial charge on any atom is 1.00 e. The Hall–Kier alpha value is -1.43. The minimum atomic E-state index is -4.25. The van der Waals surface area contributed by atoms with Gasteiger partial charge in [-0.05, 0) is 17.7 Å². The van der Waals surface area contributed by atoms with E-state index in [0.29, 0.717) is 0 Å². The van der Waals surface area contributed by atoms with Crippen LogP contribution in [0.2, 0.25) is 0 Å². The van der Waals surface area contributed by atoms with E-state index in [1.165, 1.54) is 29.8 Å². The van der Waals surface area contributed by atoms with E-state index in [4.69, 9.17) is 0 Å². The van der Waals surface area contributed by atoms with Gasteiger partial charge in [0.25, 0.3) is 0 Å². The Labute approximate surface area is 161 Å². The Kier molecular flexibility index (Phi) is 14.7. The summed E-state index contributed by atoms with van der Waals surface area (Å²) in [6.07, 6.45) is 5.11. The van der Waals surface area contributed by atoms with Crippen LogP contribution in [0.25, 0.3) is 6.08 Å². The van der Waals surface area contributed by atoms with Gasteiger partial charge in [0.15, 0.2) is 0 Å². The van der Waals surface area contributed by atoms with Crippen LogP contribution in [0.15, 0.2) is 97.4 Å². The predicted octanol–water partition coefficient (Wildman–Crippen LogP) is 1.28. The second-order valence-electron chi connectivity index (χ2n) is 3.85. The van der Waals surface area contributed by atoms with Gasteiger partial charge in [-0.15, -0.1) is 0 Å². The molecule has 2 aromatic rings. The largest absolute Gasteiger partial charge is 1.00 e. The zero-order valence-corrected chi connectivity index (χ0v) is 16.1. The number of benzene rings is 2. The van der Waals surface area contributed by atoms with Gasteiger partial charge >= 0.3 is 29.6 Å². The zero-order chi connectivity index (χ0) is 16.8. The molecule has 5 heteroatoms. The van der Waals surface area contributed by atoms with Gasteiger partial charge in [-0.25, -0.2) is 8.42 Å². The molecule has 0 aliphatic rings. The van der Waals surface area contributed by atoms with Gasteiger partial charge in [-0.2, -0.15) is 0 Å². The predicted molar refractivity (Wildman–Crippen MR) is 91.3 cm³/mol. The van der Waals surface area contributed by atoms with Crippen LogP contribution in [0.1, 0.15) is 5.56 Å². The fourth-order valence-electron chi connectivity index (χ4n) is 1.18. The molecule has 0 bridgehead atoms. The smallest absolute Gasteiger partial charge is 0.744 e. The molecule has 23 heavy (non-hydrogen) atoms. The number of hydrogen-bond donors (Lipinski definition) is 0. The van der Waals surface area contributed by atoms with Gasteiger partial charge in [0.2, 0.25) is 0 Å². The quantitative estimate of drug-likeness (QED) is 0.481. The third-order valence-corrected chi connectivity index (χ3v) is 3.08. The molecule has 0 amide bonds. The SMILES string of the molecule is C=CC=C.C=Cc1ccccc1.O=S(=O)([O-])c1ccccc1.[Na+]. The number of rotatable bonds is 3. The van der Waals surface area contributed by atoms with Crippen LogP contribution in [0, 0.1) is 0 Å². The molecule has 0 atom stereocenters. The molecular weight excluding hydrogens is 319 g/mol. The van der Waals surface area contributed by atoms with E-state index < -0.39 is 10.1 Å². The fourth-order valence-corrected chi connectivity index (χ4v) is 1.67. The molecule has 116 valence electrons. The van der Waals surface area contributed by atoms with Crippen LogP contribution in [-0.2, 0) is 10.1 Å². The first-order valence-electron chi connectivity index (χ1n) is 6.37. The summed E-state index contributed by atoms with van der Waals surface area (Å²) < 4.78 is 30.8. The Balaban J connectivity index is 0. The first-order valence-corrected chi connectivity index (χ1v) is 7.78. The summed E-state index contributed by atoms with van der Waals surface area (Å²) in [6, 6.07) is 17.2. The maximum absolute atomic E-state index is 10.3. The van der Waals surface area contributed by atoms with Crippen molar-refractivity contribution in [2.45, 2.75) is 4.90 Å². The van der Waals surface area contributed by atoms with Crippen molar-refractivity contribution in [3.05, 3.63) is 98.1 Å². The maximum atomic E-state index is 10.3. The molecule has 0 fully saturated rings. The molecule has 0 aliphatic heterocycles. The van der Waals surface area contributed by atoms with Crippen molar-refractivity contribution in [1.82, 2.24) is 0 Å². The van der Waals surface area contributed by atoms with E-state index in [1.807, 2.05) is 36.4 Å². The Morgan fingerprint density at radius 1 is 0.783 bits per heavy atom. The van der Waals surface area contributed by atoms with Gasteiger partial charge in [0.1, 0.15) is 10.1 Å². The molecule has 0 aromatic heterocycles. The van der Waals surface area contributed by atoms with E-state index in [1.54, 1.807) is 18.2 Å². The van der Waals surface area contributed by atoms with Crippen LogP contribution in [-0.4, -0.2) is 13.0 Å². The first-order chi connectivity index (χ1) is 10.5. The standard InChI is InChI=1S/C8H8.C6H6O3S.C4H6.Na/c1-2-8-6-4-3-5-7-8;7-10(8,9)6-4-2-1-3-5-6;1-3-4-2;/h2-7H,1H2;1-5H,(H,7,8,9);3-4H,1-2H2;/q;;;+1/p-1. The normalized spacial score (nSPS) is 8.74. The third kappa shape index (κ3) is 12.8. The molecule has 0 heterocycles. The van der Waals surface area contributed by atoms with Crippen molar-refractivity contribution < 1.29 is 42.5 Å². The zero-order valence-electron chi connectivity index (χ0n) is 13.3. The third-order valence-electron chi connectivity index (χ3n) is 2.23. The summed E-state index contributed by atoms with van der Waals surface area (Å²) in [7, 11) is -4.25. The minimum Gasteiger partial charge on any atom is -0.744 e. The second kappa shape index (κ2) is 14.2. The van der Waals surface area contributed by atoms with Crippen molar-refractivity contribution in [1.29, 1.82) is 0 Å². The van der Waals surface area contributed by atoms with E-state index in [-0.39, 0.29) is 34.5 Å². The molecular formula is C18H19NaO3S. The number of allylic oxidation sites excluding steroid dienone is 2. The van der Waals surface area contributed by atoms with Gasteiger partial charge in [0, 0.05) is 0 Å². The van der Waals surface area contributed by atoms with E-state index >= 15 is 0 Å². The summed E-state index contributed by atoms with van der Waals surface area (Å²) in [5.74, 6) is 0. The topological polar surface area (TPSA) is 57.2 Å². The van der Waals surface area contributed by atoms with Crippen LogP contribution >= 0.6 is 0 Å². The average Bonchev–Trinajstić information content (AvgIpc) is 2.56. The Morgan fingerprint density at radius 3 is 1.39 bits per heavy atom. The summed E-state index contributed by atoms with van der Waals surface area (Å²) in [5.41, 5.74) is 1.17. The Bertz CT molecular complexity index is 660. The van der Waals surface area contributed by atoms with Crippen molar-refractivity contribution in [2.75, 3.05) is 0 Å².